The molecular weight excluding hydrogens is 236 g/mol. The van der Waals surface area contributed by atoms with E-state index in [1.165, 1.54) is 19.1 Å². The second-order valence-electron chi connectivity index (χ2n) is 4.96. The fraction of sp³-hybridized carbons (Fsp3) is 1.00. The summed E-state index contributed by atoms with van der Waals surface area (Å²) >= 11 is 0. The first kappa shape index (κ1) is 16.9. The molecule has 0 aromatic carbocycles. The van der Waals surface area contributed by atoms with Crippen molar-refractivity contribution in [1.29, 1.82) is 0 Å². The second-order valence-corrected chi connectivity index (χ2v) is 7.36. The van der Waals surface area contributed by atoms with Crippen LogP contribution in [0.25, 0.3) is 0 Å². The van der Waals surface area contributed by atoms with Gasteiger partial charge in [-0.25, -0.2) is 8.42 Å². The highest BCUT2D eigenvalue weighted by Gasteiger charge is 2.26. The summed E-state index contributed by atoms with van der Waals surface area (Å²) in [6, 6.07) is -0.146. The molecule has 0 aromatic heterocycles. The van der Waals surface area contributed by atoms with Crippen LogP contribution in [0.15, 0.2) is 0 Å². The fourth-order valence-electron chi connectivity index (χ4n) is 2.03. The van der Waals surface area contributed by atoms with Gasteiger partial charge in [0.05, 0.1) is 5.25 Å². The summed E-state index contributed by atoms with van der Waals surface area (Å²) in [5.74, 6) is 6.04. The second kappa shape index (κ2) is 8.06. The molecule has 3 unspecified atom stereocenters. The van der Waals surface area contributed by atoms with E-state index in [0.717, 1.165) is 19.3 Å². The van der Waals surface area contributed by atoms with Gasteiger partial charge in [0.25, 0.3) is 0 Å². The van der Waals surface area contributed by atoms with Crippen LogP contribution >= 0.6 is 0 Å². The van der Waals surface area contributed by atoms with Crippen LogP contribution in [0.3, 0.4) is 0 Å². The van der Waals surface area contributed by atoms with Gasteiger partial charge in [-0.15, -0.1) is 0 Å². The number of hydrogen-bond donors (Lipinski definition) is 2. The maximum absolute atomic E-state index is 11.5. The molecule has 0 aliphatic heterocycles. The van der Waals surface area contributed by atoms with Crippen molar-refractivity contribution in [2.75, 3.05) is 6.26 Å². The zero-order chi connectivity index (χ0) is 13.5. The van der Waals surface area contributed by atoms with E-state index in [4.69, 9.17) is 5.84 Å². The maximum atomic E-state index is 11.5. The van der Waals surface area contributed by atoms with Gasteiger partial charge in [0.2, 0.25) is 0 Å². The Bertz CT molecular complexity index is 291. The molecule has 0 radical (unpaired) electrons. The van der Waals surface area contributed by atoms with E-state index < -0.39 is 15.1 Å². The fourth-order valence-corrected chi connectivity index (χ4v) is 2.82. The summed E-state index contributed by atoms with van der Waals surface area (Å²) in [7, 11) is -3.03. The molecule has 0 aliphatic rings. The minimum absolute atomic E-state index is 0.146. The molecule has 0 aliphatic carbocycles. The van der Waals surface area contributed by atoms with Crippen molar-refractivity contribution < 1.29 is 8.42 Å². The van der Waals surface area contributed by atoms with Gasteiger partial charge in [-0.3, -0.25) is 11.3 Å². The third kappa shape index (κ3) is 6.38. The topological polar surface area (TPSA) is 72.2 Å². The number of hydrogen-bond acceptors (Lipinski definition) is 4. The summed E-state index contributed by atoms with van der Waals surface area (Å²) in [6.45, 7) is 6.05. The Morgan fingerprint density at radius 2 is 1.88 bits per heavy atom. The Labute approximate surface area is 106 Å². The average Bonchev–Trinajstić information content (AvgIpc) is 2.27. The predicted molar refractivity (Wildman–Crippen MR) is 73.3 cm³/mol. The van der Waals surface area contributed by atoms with Gasteiger partial charge in [-0.2, -0.15) is 0 Å². The summed E-state index contributed by atoms with van der Waals surface area (Å²) in [6.07, 6.45) is 6.72. The quantitative estimate of drug-likeness (QED) is 0.492. The van der Waals surface area contributed by atoms with E-state index in [0.29, 0.717) is 5.92 Å². The summed E-state index contributed by atoms with van der Waals surface area (Å²) in [5.41, 5.74) is 2.67. The lowest BCUT2D eigenvalue weighted by molar-refractivity contribution is 0.345. The molecule has 3 N–H and O–H groups in total. The standard InChI is InChI=1S/C12H28N2O2S/c1-5-7-8-11(6-2)9-12(14-13)10(3)17(4,15)16/h10-12,14H,5-9,13H2,1-4H3. The first-order chi connectivity index (χ1) is 7.86. The SMILES string of the molecule is CCCCC(CC)CC(NN)C(C)S(C)(=O)=O. The van der Waals surface area contributed by atoms with Gasteiger partial charge in [0.15, 0.2) is 9.84 Å². The average molecular weight is 264 g/mol. The molecule has 17 heavy (non-hydrogen) atoms. The largest absolute Gasteiger partial charge is 0.271 e. The van der Waals surface area contributed by atoms with E-state index in [-0.39, 0.29) is 6.04 Å². The van der Waals surface area contributed by atoms with E-state index >= 15 is 0 Å². The predicted octanol–water partition coefficient (Wildman–Crippen LogP) is 1.86. The Morgan fingerprint density at radius 3 is 2.24 bits per heavy atom. The first-order valence-corrected chi connectivity index (χ1v) is 8.47. The van der Waals surface area contributed by atoms with Gasteiger partial charge in [0.1, 0.15) is 0 Å². The van der Waals surface area contributed by atoms with Crippen LogP contribution in [0.2, 0.25) is 0 Å². The zero-order valence-corrected chi connectivity index (χ0v) is 12.4. The van der Waals surface area contributed by atoms with Crippen LogP contribution in [0.1, 0.15) is 52.9 Å². The van der Waals surface area contributed by atoms with Crippen LogP contribution in [-0.4, -0.2) is 26.0 Å². The molecule has 0 amide bonds. The van der Waals surface area contributed by atoms with Gasteiger partial charge >= 0.3 is 0 Å². The number of nitrogens with two attached hydrogens (primary N) is 1. The summed E-state index contributed by atoms with van der Waals surface area (Å²) < 4.78 is 23.0. The first-order valence-electron chi connectivity index (χ1n) is 6.51. The van der Waals surface area contributed by atoms with E-state index in [1.54, 1.807) is 6.92 Å². The van der Waals surface area contributed by atoms with Crippen LogP contribution < -0.4 is 11.3 Å². The number of nitrogens with one attached hydrogen (secondary N) is 1. The highest BCUT2D eigenvalue weighted by molar-refractivity contribution is 7.91. The van der Waals surface area contributed by atoms with Crippen LogP contribution in [0.5, 0.6) is 0 Å². The lowest BCUT2D eigenvalue weighted by Gasteiger charge is -2.26. The number of rotatable bonds is 9. The minimum Gasteiger partial charge on any atom is -0.271 e. The Hall–Kier alpha value is -0.130. The highest BCUT2D eigenvalue weighted by Crippen LogP contribution is 2.21. The zero-order valence-electron chi connectivity index (χ0n) is 11.6. The number of hydrazine groups is 1. The van der Waals surface area contributed by atoms with Crippen molar-refractivity contribution >= 4 is 9.84 Å². The molecular formula is C12H28N2O2S. The van der Waals surface area contributed by atoms with Crippen molar-refractivity contribution in [3.63, 3.8) is 0 Å². The molecule has 0 saturated carbocycles. The lowest BCUT2D eigenvalue weighted by atomic mass is 9.91. The summed E-state index contributed by atoms with van der Waals surface area (Å²) in [4.78, 5) is 0. The molecule has 104 valence electrons. The number of unbranched alkanes of at least 4 members (excludes halogenated alkanes) is 1. The van der Waals surface area contributed by atoms with Crippen molar-refractivity contribution in [1.82, 2.24) is 5.43 Å². The molecule has 4 nitrogen and oxygen atoms in total. The van der Waals surface area contributed by atoms with Crippen molar-refractivity contribution in [3.05, 3.63) is 0 Å². The van der Waals surface area contributed by atoms with Gasteiger partial charge < -0.3 is 0 Å². The van der Waals surface area contributed by atoms with Crippen LogP contribution in [0.4, 0.5) is 0 Å². The van der Waals surface area contributed by atoms with E-state index in [9.17, 15) is 8.42 Å². The third-order valence-electron chi connectivity index (χ3n) is 3.59. The van der Waals surface area contributed by atoms with Crippen molar-refractivity contribution in [2.24, 2.45) is 11.8 Å². The Kier molecular flexibility index (Phi) is 8.00. The third-order valence-corrected chi connectivity index (χ3v) is 5.27. The smallest absolute Gasteiger partial charge is 0.151 e. The molecule has 0 rings (SSSR count). The molecule has 0 aromatic rings. The molecule has 5 heteroatoms. The summed E-state index contributed by atoms with van der Waals surface area (Å²) in [5, 5.41) is -0.428. The van der Waals surface area contributed by atoms with Crippen LogP contribution in [0, 0.1) is 5.92 Å². The highest BCUT2D eigenvalue weighted by atomic mass is 32.2. The minimum atomic E-state index is -3.03. The molecule has 0 saturated heterocycles. The van der Waals surface area contributed by atoms with E-state index in [2.05, 4.69) is 19.3 Å². The molecule has 0 heterocycles. The monoisotopic (exact) mass is 264 g/mol. The Balaban J connectivity index is 4.46. The van der Waals surface area contributed by atoms with Gasteiger partial charge in [-0.1, -0.05) is 39.5 Å². The van der Waals surface area contributed by atoms with Crippen molar-refractivity contribution in [3.8, 4) is 0 Å². The normalized spacial score (nSPS) is 17.7. The van der Waals surface area contributed by atoms with Gasteiger partial charge in [0, 0.05) is 12.3 Å². The number of sulfone groups is 1. The van der Waals surface area contributed by atoms with Gasteiger partial charge in [-0.05, 0) is 19.3 Å². The molecule has 0 spiro atoms. The van der Waals surface area contributed by atoms with E-state index in [1.807, 2.05) is 0 Å². The van der Waals surface area contributed by atoms with Crippen LogP contribution in [-0.2, 0) is 9.84 Å². The molecule has 0 bridgehead atoms. The van der Waals surface area contributed by atoms with Crippen molar-refractivity contribution in [2.45, 2.75) is 64.2 Å². The molecule has 0 fully saturated rings. The lowest BCUT2D eigenvalue weighted by Crippen LogP contribution is -2.46. The molecule has 3 atom stereocenters. The Morgan fingerprint density at radius 1 is 1.29 bits per heavy atom. The maximum Gasteiger partial charge on any atom is 0.151 e.